The average Bonchev–Trinajstić information content (AvgIpc) is 2.83. The Morgan fingerprint density at radius 1 is 0.955 bits per heavy atom. The molecule has 0 saturated carbocycles. The third kappa shape index (κ3) is 4.22. The first-order valence-electron chi connectivity index (χ1n) is 8.67. The van der Waals surface area contributed by atoms with Gasteiger partial charge in [-0.05, 0) is 25.5 Å². The molecule has 2 saturated heterocycles. The Bertz CT molecular complexity index is 433. The second kappa shape index (κ2) is 7.95. The number of ether oxygens (including phenoxy) is 1. The molecule has 4 heteroatoms. The molecule has 1 atom stereocenters. The van der Waals surface area contributed by atoms with Crippen LogP contribution in [0.1, 0.15) is 13.3 Å². The Balaban J connectivity index is 1.51. The molecule has 2 heterocycles. The van der Waals surface area contributed by atoms with Gasteiger partial charge in [0.05, 0.1) is 13.2 Å². The topological polar surface area (TPSA) is 19.0 Å². The fraction of sp³-hybridized carbons (Fsp3) is 0.667. The van der Waals surface area contributed by atoms with Crippen molar-refractivity contribution in [3.05, 3.63) is 30.3 Å². The number of hydrogen-bond donors (Lipinski definition) is 0. The summed E-state index contributed by atoms with van der Waals surface area (Å²) >= 11 is 0. The maximum absolute atomic E-state index is 5.45. The van der Waals surface area contributed by atoms with Crippen LogP contribution in [0, 0.1) is 0 Å². The largest absolute Gasteiger partial charge is 0.379 e. The second-order valence-corrected chi connectivity index (χ2v) is 6.47. The van der Waals surface area contributed by atoms with E-state index >= 15 is 0 Å². The lowest BCUT2D eigenvalue weighted by Gasteiger charge is -2.34. The van der Waals surface area contributed by atoms with E-state index in [0.29, 0.717) is 6.04 Å². The van der Waals surface area contributed by atoms with E-state index in [4.69, 9.17) is 4.74 Å². The van der Waals surface area contributed by atoms with Crippen LogP contribution in [0.25, 0.3) is 0 Å². The standard InChI is InChI=1S/C18H29N3O/c1-17(16-19-12-14-22-15-13-19)20-8-5-9-21(11-10-20)18-6-3-2-4-7-18/h2-4,6-7,17H,5,8-16H2,1H3/t17-/m0/s1. The Kier molecular flexibility index (Phi) is 5.70. The zero-order valence-corrected chi connectivity index (χ0v) is 13.8. The summed E-state index contributed by atoms with van der Waals surface area (Å²) in [6.07, 6.45) is 1.25. The molecule has 2 aliphatic heterocycles. The van der Waals surface area contributed by atoms with Gasteiger partial charge in [-0.1, -0.05) is 18.2 Å². The lowest BCUT2D eigenvalue weighted by Crippen LogP contribution is -2.47. The van der Waals surface area contributed by atoms with Gasteiger partial charge in [-0.15, -0.1) is 0 Å². The fourth-order valence-electron chi connectivity index (χ4n) is 3.55. The normalized spacial score (nSPS) is 23.2. The molecule has 122 valence electrons. The summed E-state index contributed by atoms with van der Waals surface area (Å²) in [5.74, 6) is 0. The maximum Gasteiger partial charge on any atom is 0.0594 e. The molecule has 0 aliphatic carbocycles. The molecule has 0 amide bonds. The Labute approximate surface area is 134 Å². The van der Waals surface area contributed by atoms with Crippen molar-refractivity contribution < 1.29 is 4.74 Å². The van der Waals surface area contributed by atoms with E-state index in [9.17, 15) is 0 Å². The van der Waals surface area contributed by atoms with E-state index in [1.165, 1.54) is 38.3 Å². The highest BCUT2D eigenvalue weighted by Gasteiger charge is 2.22. The summed E-state index contributed by atoms with van der Waals surface area (Å²) in [4.78, 5) is 7.74. The van der Waals surface area contributed by atoms with E-state index in [1.807, 2.05) is 0 Å². The third-order valence-electron chi connectivity index (χ3n) is 4.90. The molecular weight excluding hydrogens is 274 g/mol. The molecule has 4 nitrogen and oxygen atoms in total. The van der Waals surface area contributed by atoms with Gasteiger partial charge in [-0.25, -0.2) is 0 Å². The molecule has 0 N–H and O–H groups in total. The van der Waals surface area contributed by atoms with Gasteiger partial charge in [0.15, 0.2) is 0 Å². The van der Waals surface area contributed by atoms with Crippen molar-refractivity contribution in [2.75, 3.05) is 63.9 Å². The van der Waals surface area contributed by atoms with Crippen LogP contribution in [0.2, 0.25) is 0 Å². The number of morpholine rings is 1. The molecule has 0 bridgehead atoms. The summed E-state index contributed by atoms with van der Waals surface area (Å²) in [7, 11) is 0. The van der Waals surface area contributed by atoms with E-state index in [1.54, 1.807) is 0 Å². The highest BCUT2D eigenvalue weighted by molar-refractivity contribution is 5.46. The summed E-state index contributed by atoms with van der Waals surface area (Å²) in [5, 5.41) is 0. The van der Waals surface area contributed by atoms with Crippen molar-refractivity contribution >= 4 is 5.69 Å². The summed E-state index contributed by atoms with van der Waals surface area (Å²) in [6.45, 7) is 12.2. The lowest BCUT2D eigenvalue weighted by molar-refractivity contribution is 0.0251. The van der Waals surface area contributed by atoms with Crippen molar-refractivity contribution in [3.63, 3.8) is 0 Å². The van der Waals surface area contributed by atoms with Gasteiger partial charge < -0.3 is 9.64 Å². The van der Waals surface area contributed by atoms with Crippen molar-refractivity contribution in [2.45, 2.75) is 19.4 Å². The minimum absolute atomic E-state index is 0.633. The van der Waals surface area contributed by atoms with Crippen LogP contribution in [-0.2, 0) is 4.74 Å². The Morgan fingerprint density at radius 3 is 2.50 bits per heavy atom. The van der Waals surface area contributed by atoms with Crippen LogP contribution in [0.5, 0.6) is 0 Å². The average molecular weight is 303 g/mol. The highest BCUT2D eigenvalue weighted by atomic mass is 16.5. The predicted octanol–water partition coefficient (Wildman–Crippen LogP) is 1.92. The molecule has 22 heavy (non-hydrogen) atoms. The number of para-hydroxylation sites is 1. The molecule has 0 spiro atoms. The molecular formula is C18H29N3O. The summed E-state index contributed by atoms with van der Waals surface area (Å²) < 4.78 is 5.45. The first kappa shape index (κ1) is 15.8. The van der Waals surface area contributed by atoms with E-state index < -0.39 is 0 Å². The van der Waals surface area contributed by atoms with Crippen molar-refractivity contribution in [2.24, 2.45) is 0 Å². The first-order valence-corrected chi connectivity index (χ1v) is 8.67. The van der Waals surface area contributed by atoms with Gasteiger partial charge in [-0.2, -0.15) is 0 Å². The molecule has 2 aliphatic rings. The Morgan fingerprint density at radius 2 is 1.73 bits per heavy atom. The molecule has 2 fully saturated rings. The predicted molar refractivity (Wildman–Crippen MR) is 91.6 cm³/mol. The molecule has 3 rings (SSSR count). The number of hydrogen-bond acceptors (Lipinski definition) is 4. The monoisotopic (exact) mass is 303 g/mol. The SMILES string of the molecule is C[C@@H](CN1CCOCC1)N1CCCN(c2ccccc2)CC1. The zero-order chi connectivity index (χ0) is 15.2. The fourth-order valence-corrected chi connectivity index (χ4v) is 3.55. The zero-order valence-electron chi connectivity index (χ0n) is 13.8. The van der Waals surface area contributed by atoms with E-state index in [2.05, 4.69) is 52.0 Å². The quantitative estimate of drug-likeness (QED) is 0.846. The number of nitrogens with zero attached hydrogens (tertiary/aromatic N) is 3. The van der Waals surface area contributed by atoms with Gasteiger partial charge in [0.2, 0.25) is 0 Å². The van der Waals surface area contributed by atoms with Gasteiger partial charge in [-0.3, -0.25) is 9.80 Å². The molecule has 0 unspecified atom stereocenters. The summed E-state index contributed by atoms with van der Waals surface area (Å²) in [6, 6.07) is 11.5. The van der Waals surface area contributed by atoms with Gasteiger partial charge in [0, 0.05) is 57.5 Å². The van der Waals surface area contributed by atoms with Crippen LogP contribution in [0.4, 0.5) is 5.69 Å². The van der Waals surface area contributed by atoms with Crippen LogP contribution in [0.3, 0.4) is 0 Å². The number of rotatable bonds is 4. The molecule has 1 aromatic rings. The van der Waals surface area contributed by atoms with E-state index in [0.717, 1.165) is 32.8 Å². The van der Waals surface area contributed by atoms with Crippen LogP contribution in [-0.4, -0.2) is 74.9 Å². The molecule has 1 aromatic carbocycles. The minimum atomic E-state index is 0.633. The van der Waals surface area contributed by atoms with Crippen molar-refractivity contribution in [3.8, 4) is 0 Å². The summed E-state index contributed by atoms with van der Waals surface area (Å²) in [5.41, 5.74) is 1.37. The van der Waals surface area contributed by atoms with Crippen LogP contribution in [0.15, 0.2) is 30.3 Å². The third-order valence-corrected chi connectivity index (χ3v) is 4.90. The van der Waals surface area contributed by atoms with Crippen LogP contribution >= 0.6 is 0 Å². The van der Waals surface area contributed by atoms with Gasteiger partial charge in [0.1, 0.15) is 0 Å². The van der Waals surface area contributed by atoms with Crippen LogP contribution < -0.4 is 4.90 Å². The molecule has 0 radical (unpaired) electrons. The minimum Gasteiger partial charge on any atom is -0.379 e. The van der Waals surface area contributed by atoms with Crippen molar-refractivity contribution in [1.29, 1.82) is 0 Å². The van der Waals surface area contributed by atoms with Gasteiger partial charge >= 0.3 is 0 Å². The molecule has 0 aromatic heterocycles. The second-order valence-electron chi connectivity index (χ2n) is 6.47. The number of anilines is 1. The maximum atomic E-state index is 5.45. The van der Waals surface area contributed by atoms with Gasteiger partial charge in [0.25, 0.3) is 0 Å². The smallest absolute Gasteiger partial charge is 0.0594 e. The Hall–Kier alpha value is -1.10. The van der Waals surface area contributed by atoms with E-state index in [-0.39, 0.29) is 0 Å². The lowest BCUT2D eigenvalue weighted by atomic mass is 10.2. The number of benzene rings is 1. The first-order chi connectivity index (χ1) is 10.8. The highest BCUT2D eigenvalue weighted by Crippen LogP contribution is 2.17. The van der Waals surface area contributed by atoms with Crippen molar-refractivity contribution in [1.82, 2.24) is 9.80 Å².